The van der Waals surface area contributed by atoms with Crippen molar-refractivity contribution in [1.29, 1.82) is 0 Å². The van der Waals surface area contributed by atoms with Crippen LogP contribution in [0.15, 0.2) is 0 Å². The first kappa shape index (κ1) is 9.55. The minimum absolute atomic E-state index is 0.736. The molecule has 0 bridgehead atoms. The summed E-state index contributed by atoms with van der Waals surface area (Å²) in [6, 6.07) is 0. The van der Waals surface area contributed by atoms with Gasteiger partial charge in [0.05, 0.1) is 0 Å². The van der Waals surface area contributed by atoms with Gasteiger partial charge in [-0.25, -0.2) is 0 Å². The maximum atomic E-state index is 2.56. The summed E-state index contributed by atoms with van der Waals surface area (Å²) in [4.78, 5) is 0. The number of rotatable bonds is 3. The van der Waals surface area contributed by atoms with E-state index in [0.29, 0.717) is 0 Å². The summed E-state index contributed by atoms with van der Waals surface area (Å²) in [5.41, 5.74) is 0.736. The van der Waals surface area contributed by atoms with Gasteiger partial charge in [-0.1, -0.05) is 52.4 Å². The van der Waals surface area contributed by atoms with Gasteiger partial charge in [0, 0.05) is 0 Å². The zero-order chi connectivity index (χ0) is 9.31. The van der Waals surface area contributed by atoms with Crippen molar-refractivity contribution in [2.75, 3.05) is 0 Å². The molecule has 1 unspecified atom stereocenters. The van der Waals surface area contributed by atoms with E-state index in [1.165, 1.54) is 51.4 Å². The van der Waals surface area contributed by atoms with Gasteiger partial charge in [0.25, 0.3) is 0 Å². The van der Waals surface area contributed by atoms with Gasteiger partial charge in [-0.3, -0.25) is 0 Å². The maximum absolute atomic E-state index is 2.56. The van der Waals surface area contributed by atoms with Crippen LogP contribution in [0.5, 0.6) is 0 Å². The molecule has 76 valence electrons. The van der Waals surface area contributed by atoms with E-state index in [-0.39, 0.29) is 0 Å². The van der Waals surface area contributed by atoms with E-state index in [0.717, 1.165) is 17.3 Å². The van der Waals surface area contributed by atoms with E-state index >= 15 is 0 Å². The molecule has 0 aliphatic heterocycles. The van der Waals surface area contributed by atoms with Crippen molar-refractivity contribution in [3.8, 4) is 0 Å². The zero-order valence-electron chi connectivity index (χ0n) is 9.31. The lowest BCUT2D eigenvalue weighted by Gasteiger charge is -2.43. The molecule has 0 aromatic carbocycles. The van der Waals surface area contributed by atoms with E-state index < -0.39 is 0 Å². The van der Waals surface area contributed by atoms with Gasteiger partial charge in [-0.2, -0.15) is 0 Å². The fourth-order valence-electron chi connectivity index (χ4n) is 3.79. The van der Waals surface area contributed by atoms with Gasteiger partial charge in [-0.05, 0) is 30.1 Å². The second-order valence-corrected chi connectivity index (χ2v) is 5.57. The highest BCUT2D eigenvalue weighted by molar-refractivity contribution is 4.92. The molecule has 2 fully saturated rings. The van der Waals surface area contributed by atoms with E-state index in [4.69, 9.17) is 0 Å². The fourth-order valence-corrected chi connectivity index (χ4v) is 3.79. The van der Waals surface area contributed by atoms with Crippen molar-refractivity contribution in [1.82, 2.24) is 0 Å². The molecule has 2 aliphatic rings. The molecule has 2 aliphatic carbocycles. The van der Waals surface area contributed by atoms with E-state index in [1.54, 1.807) is 0 Å². The largest absolute Gasteiger partial charge is 0.0651 e. The standard InChI is InChI=1S/C13H24/c1-3-12(11-7-6-8-11)13(2)9-4-5-10-13/h11-12H,3-10H2,1-2H3. The van der Waals surface area contributed by atoms with Crippen LogP contribution < -0.4 is 0 Å². The molecule has 0 N–H and O–H groups in total. The molecule has 0 heterocycles. The quantitative estimate of drug-likeness (QED) is 0.604. The van der Waals surface area contributed by atoms with Gasteiger partial charge in [0.15, 0.2) is 0 Å². The second-order valence-electron chi connectivity index (χ2n) is 5.57. The Hall–Kier alpha value is 0. The van der Waals surface area contributed by atoms with Crippen molar-refractivity contribution in [2.45, 2.75) is 65.2 Å². The van der Waals surface area contributed by atoms with Crippen LogP contribution in [0.2, 0.25) is 0 Å². The highest BCUT2D eigenvalue weighted by atomic mass is 14.5. The van der Waals surface area contributed by atoms with Crippen LogP contribution in [-0.4, -0.2) is 0 Å². The first-order valence-corrected chi connectivity index (χ1v) is 6.26. The lowest BCUT2D eigenvalue weighted by Crippen LogP contribution is -2.33. The van der Waals surface area contributed by atoms with Gasteiger partial charge in [0.2, 0.25) is 0 Å². The summed E-state index contributed by atoms with van der Waals surface area (Å²) in [5, 5.41) is 0. The third-order valence-corrected chi connectivity index (χ3v) is 4.80. The van der Waals surface area contributed by atoms with E-state index in [1.807, 2.05) is 0 Å². The smallest absolute Gasteiger partial charge is 0.0295 e. The molecule has 0 amide bonds. The van der Waals surface area contributed by atoms with Crippen molar-refractivity contribution >= 4 is 0 Å². The van der Waals surface area contributed by atoms with Crippen LogP contribution in [0.1, 0.15) is 65.2 Å². The Morgan fingerprint density at radius 3 is 2.15 bits per heavy atom. The molecule has 0 spiro atoms. The van der Waals surface area contributed by atoms with Gasteiger partial charge < -0.3 is 0 Å². The van der Waals surface area contributed by atoms with Crippen molar-refractivity contribution in [3.05, 3.63) is 0 Å². The van der Waals surface area contributed by atoms with Crippen LogP contribution in [-0.2, 0) is 0 Å². The Morgan fingerprint density at radius 1 is 1.15 bits per heavy atom. The molecule has 0 aromatic heterocycles. The van der Waals surface area contributed by atoms with E-state index in [9.17, 15) is 0 Å². The highest BCUT2D eigenvalue weighted by Gasteiger charge is 2.41. The van der Waals surface area contributed by atoms with Crippen LogP contribution in [0.4, 0.5) is 0 Å². The Morgan fingerprint density at radius 2 is 1.77 bits per heavy atom. The molecule has 1 atom stereocenters. The Balaban J connectivity index is 2.01. The predicted molar refractivity (Wildman–Crippen MR) is 57.7 cm³/mol. The molecule has 2 rings (SSSR count). The second kappa shape index (κ2) is 3.63. The van der Waals surface area contributed by atoms with Gasteiger partial charge >= 0.3 is 0 Å². The van der Waals surface area contributed by atoms with E-state index in [2.05, 4.69) is 13.8 Å². The lowest BCUT2D eigenvalue weighted by atomic mass is 9.62. The lowest BCUT2D eigenvalue weighted by molar-refractivity contribution is 0.0703. The average Bonchev–Trinajstić information content (AvgIpc) is 2.44. The number of hydrogen-bond donors (Lipinski definition) is 0. The zero-order valence-corrected chi connectivity index (χ0v) is 9.31. The first-order valence-electron chi connectivity index (χ1n) is 6.26. The van der Waals surface area contributed by atoms with Crippen LogP contribution in [0.3, 0.4) is 0 Å². The van der Waals surface area contributed by atoms with Crippen molar-refractivity contribution in [2.24, 2.45) is 17.3 Å². The minimum Gasteiger partial charge on any atom is -0.0651 e. The summed E-state index contributed by atoms with van der Waals surface area (Å²) in [6.45, 7) is 4.97. The van der Waals surface area contributed by atoms with Crippen molar-refractivity contribution in [3.63, 3.8) is 0 Å². The molecular formula is C13H24. The Kier molecular flexibility index (Phi) is 2.67. The summed E-state index contributed by atoms with van der Waals surface area (Å²) in [6.07, 6.45) is 12.0. The Labute approximate surface area is 83.1 Å². The molecule has 0 saturated heterocycles. The summed E-state index contributed by atoms with van der Waals surface area (Å²) in [7, 11) is 0. The van der Waals surface area contributed by atoms with Crippen LogP contribution in [0, 0.1) is 17.3 Å². The van der Waals surface area contributed by atoms with Crippen molar-refractivity contribution < 1.29 is 0 Å². The minimum atomic E-state index is 0.736. The molecule has 13 heavy (non-hydrogen) atoms. The van der Waals surface area contributed by atoms with Crippen LogP contribution >= 0.6 is 0 Å². The molecule has 2 saturated carbocycles. The fraction of sp³-hybridized carbons (Fsp3) is 1.00. The summed E-state index contributed by atoms with van der Waals surface area (Å²) < 4.78 is 0. The summed E-state index contributed by atoms with van der Waals surface area (Å²) >= 11 is 0. The highest BCUT2D eigenvalue weighted by Crippen LogP contribution is 2.52. The molecule has 0 nitrogen and oxygen atoms in total. The average molecular weight is 180 g/mol. The summed E-state index contributed by atoms with van der Waals surface area (Å²) in [5.74, 6) is 2.16. The van der Waals surface area contributed by atoms with Crippen LogP contribution in [0.25, 0.3) is 0 Å². The third-order valence-electron chi connectivity index (χ3n) is 4.80. The Bertz CT molecular complexity index is 161. The molecular weight excluding hydrogens is 156 g/mol. The third kappa shape index (κ3) is 1.65. The number of hydrogen-bond acceptors (Lipinski definition) is 0. The molecule has 0 radical (unpaired) electrons. The maximum Gasteiger partial charge on any atom is -0.0295 e. The van der Waals surface area contributed by atoms with Gasteiger partial charge in [0.1, 0.15) is 0 Å². The molecule has 0 heteroatoms. The monoisotopic (exact) mass is 180 g/mol. The normalized spacial score (nSPS) is 30.0. The SMILES string of the molecule is CCC(C1CCC1)C1(C)CCCC1. The first-order chi connectivity index (χ1) is 6.26. The van der Waals surface area contributed by atoms with Gasteiger partial charge in [-0.15, -0.1) is 0 Å². The molecule has 0 aromatic rings. The topological polar surface area (TPSA) is 0 Å². The predicted octanol–water partition coefficient (Wildman–Crippen LogP) is 4.39.